The third-order valence-corrected chi connectivity index (χ3v) is 4.46. The molecule has 0 unspecified atom stereocenters. The van der Waals surface area contributed by atoms with E-state index in [1.165, 1.54) is 4.57 Å². The van der Waals surface area contributed by atoms with Crippen molar-refractivity contribution in [1.29, 1.82) is 0 Å². The van der Waals surface area contributed by atoms with Crippen molar-refractivity contribution in [1.82, 2.24) is 9.63 Å². The molecule has 1 N–H and O–H groups in total. The van der Waals surface area contributed by atoms with Gasteiger partial charge in [-0.15, -0.1) is 0 Å². The van der Waals surface area contributed by atoms with Crippen molar-refractivity contribution >= 4 is 23.0 Å². The summed E-state index contributed by atoms with van der Waals surface area (Å²) < 4.78 is 17.5. The summed E-state index contributed by atoms with van der Waals surface area (Å²) in [5.41, 5.74) is 1.05. The molecule has 7 nitrogen and oxygen atoms in total. The summed E-state index contributed by atoms with van der Waals surface area (Å²) in [6.45, 7) is 2.15. The zero-order chi connectivity index (χ0) is 17.6. The Balaban J connectivity index is 1.71. The highest BCUT2D eigenvalue weighted by Gasteiger charge is 2.22. The number of benzene rings is 1. The van der Waals surface area contributed by atoms with Gasteiger partial charge in [0.05, 0.1) is 32.8 Å². The number of pyridine rings is 1. The van der Waals surface area contributed by atoms with Gasteiger partial charge < -0.3 is 19.1 Å². The first-order valence-electron chi connectivity index (χ1n) is 7.89. The number of aromatic nitrogens is 1. The maximum Gasteiger partial charge on any atom is 0.293 e. The first-order chi connectivity index (χ1) is 12.2. The van der Waals surface area contributed by atoms with Crippen LogP contribution in [-0.2, 0) is 25.7 Å². The van der Waals surface area contributed by atoms with Crippen LogP contribution in [0.2, 0.25) is 0 Å². The average Bonchev–Trinajstić information content (AvgIpc) is 3.14. The third kappa shape index (κ3) is 4.79. The lowest BCUT2D eigenvalue weighted by molar-refractivity contribution is -0.122. The highest BCUT2D eigenvalue weighted by molar-refractivity contribution is 14.1. The van der Waals surface area contributed by atoms with Crippen LogP contribution in [0.1, 0.15) is 11.1 Å². The zero-order valence-electron chi connectivity index (χ0n) is 13.5. The van der Waals surface area contributed by atoms with Crippen molar-refractivity contribution in [2.24, 2.45) is 0 Å². The molecule has 1 aliphatic heterocycles. The van der Waals surface area contributed by atoms with Crippen molar-refractivity contribution in [3.05, 3.63) is 64.1 Å². The molecule has 2 heterocycles. The predicted octanol–water partition coefficient (Wildman–Crippen LogP) is 2.06. The number of halogens is 1. The van der Waals surface area contributed by atoms with Crippen LogP contribution < -0.4 is 5.56 Å². The van der Waals surface area contributed by atoms with E-state index in [-0.39, 0.29) is 18.6 Å². The van der Waals surface area contributed by atoms with Crippen LogP contribution in [0.25, 0.3) is 0 Å². The second-order valence-corrected chi connectivity index (χ2v) is 6.06. The summed E-state index contributed by atoms with van der Waals surface area (Å²) in [6, 6.07) is 11.3. The van der Waals surface area contributed by atoms with Gasteiger partial charge in [0.15, 0.2) is 12.0 Å². The van der Waals surface area contributed by atoms with Crippen LogP contribution in [0.15, 0.2) is 47.4 Å². The van der Waals surface area contributed by atoms with E-state index in [1.807, 2.05) is 30.3 Å². The van der Waals surface area contributed by atoms with Gasteiger partial charge in [0.25, 0.3) is 5.56 Å². The molecule has 0 radical (unpaired) electrons. The number of hydrogen-bond donors (Lipinski definition) is 1. The fourth-order valence-corrected chi connectivity index (χ4v) is 2.92. The van der Waals surface area contributed by atoms with Gasteiger partial charge in [-0.3, -0.25) is 4.79 Å². The van der Waals surface area contributed by atoms with E-state index in [4.69, 9.17) is 12.6 Å². The molecule has 0 saturated carbocycles. The van der Waals surface area contributed by atoms with E-state index in [0.29, 0.717) is 31.9 Å². The van der Waals surface area contributed by atoms with Gasteiger partial charge in [-0.25, -0.2) is 3.17 Å². The number of hydrogen-bond acceptors (Lipinski definition) is 6. The molecule has 0 bridgehead atoms. The van der Waals surface area contributed by atoms with Gasteiger partial charge >= 0.3 is 0 Å². The van der Waals surface area contributed by atoms with Gasteiger partial charge in [-0.05, 0) is 11.6 Å². The number of ether oxygens (including phenoxy) is 2. The molecule has 1 aromatic carbocycles. The second kappa shape index (κ2) is 8.77. The van der Waals surface area contributed by atoms with Crippen molar-refractivity contribution in [3.8, 4) is 5.75 Å². The van der Waals surface area contributed by atoms with Crippen LogP contribution >= 0.6 is 23.0 Å². The summed E-state index contributed by atoms with van der Waals surface area (Å²) >= 11 is 1.75. The maximum absolute atomic E-state index is 12.4. The normalized spacial score (nSPS) is 15.1. The fourth-order valence-electron chi connectivity index (χ4n) is 2.62. The van der Waals surface area contributed by atoms with E-state index in [0.717, 1.165) is 5.56 Å². The fraction of sp³-hybridized carbons (Fsp3) is 0.353. The Kier molecular flexibility index (Phi) is 6.43. The van der Waals surface area contributed by atoms with Gasteiger partial charge in [0.2, 0.25) is 0 Å². The van der Waals surface area contributed by atoms with Crippen molar-refractivity contribution in [2.45, 2.75) is 19.4 Å². The van der Waals surface area contributed by atoms with Crippen molar-refractivity contribution in [2.75, 3.05) is 19.8 Å². The Morgan fingerprint density at radius 1 is 1.24 bits per heavy atom. The zero-order valence-corrected chi connectivity index (χ0v) is 15.7. The number of rotatable bonds is 7. The summed E-state index contributed by atoms with van der Waals surface area (Å²) in [7, 11) is 0. The van der Waals surface area contributed by atoms with E-state index >= 15 is 0 Å². The Hall–Kier alpha value is -1.46. The van der Waals surface area contributed by atoms with Gasteiger partial charge in [-0.1, -0.05) is 30.3 Å². The molecule has 0 spiro atoms. The van der Waals surface area contributed by atoms with Crippen LogP contribution in [0.3, 0.4) is 0 Å². The second-order valence-electron chi connectivity index (χ2n) is 5.67. The number of nitrogens with zero attached hydrogens (tertiary/aromatic N) is 2. The largest absolute Gasteiger partial charge is 0.503 e. The van der Waals surface area contributed by atoms with Gasteiger partial charge in [0, 0.05) is 11.8 Å². The first-order valence-corrected chi connectivity index (χ1v) is 8.77. The highest BCUT2D eigenvalue weighted by atomic mass is 127. The minimum Gasteiger partial charge on any atom is -0.503 e. The molecule has 25 heavy (non-hydrogen) atoms. The molecule has 134 valence electrons. The maximum atomic E-state index is 12.4. The molecular weight excluding hydrogens is 439 g/mol. The van der Waals surface area contributed by atoms with Gasteiger partial charge in [-0.2, -0.15) is 5.06 Å². The smallest absolute Gasteiger partial charge is 0.293 e. The molecule has 1 aromatic heterocycles. The number of aromatic hydroxyl groups is 1. The third-order valence-electron chi connectivity index (χ3n) is 3.91. The Morgan fingerprint density at radius 3 is 2.64 bits per heavy atom. The van der Waals surface area contributed by atoms with Crippen LogP contribution in [-0.4, -0.2) is 40.8 Å². The number of hydroxylamine groups is 2. The van der Waals surface area contributed by atoms with E-state index < -0.39 is 5.56 Å². The van der Waals surface area contributed by atoms with Crippen LogP contribution in [0.5, 0.6) is 5.75 Å². The van der Waals surface area contributed by atoms with E-state index in [9.17, 15) is 9.90 Å². The predicted molar refractivity (Wildman–Crippen MR) is 99.1 cm³/mol. The average molecular weight is 458 g/mol. The van der Waals surface area contributed by atoms with Crippen molar-refractivity contribution in [3.63, 3.8) is 0 Å². The summed E-state index contributed by atoms with van der Waals surface area (Å²) in [4.78, 5) is 12.4. The molecular formula is C17H19IN2O5. The highest BCUT2D eigenvalue weighted by Crippen LogP contribution is 2.17. The topological polar surface area (TPSA) is 73.2 Å². The first kappa shape index (κ1) is 18.3. The van der Waals surface area contributed by atoms with Gasteiger partial charge in [0.1, 0.15) is 23.0 Å². The standard InChI is InChI=1S/C17H19IN2O5/c18-25-20(12-15-23-8-9-24-15)11-14-6-7-19(17(22)16(14)21)10-13-4-2-1-3-5-13/h1-7,15,21H,8-12H2. The molecule has 1 aliphatic rings. The minimum absolute atomic E-state index is 0.249. The quantitative estimate of drug-likeness (QED) is 0.506. The summed E-state index contributed by atoms with van der Waals surface area (Å²) in [6.07, 6.45) is 1.31. The summed E-state index contributed by atoms with van der Waals surface area (Å²) in [5, 5.41) is 11.9. The molecule has 0 atom stereocenters. The Morgan fingerprint density at radius 2 is 1.96 bits per heavy atom. The SMILES string of the molecule is O=c1c(O)c(CN(CC2OCCO2)OI)ccn1Cc1ccccc1. The van der Waals surface area contributed by atoms with Crippen LogP contribution in [0.4, 0.5) is 0 Å². The molecule has 0 aliphatic carbocycles. The Labute approximate surface area is 159 Å². The molecule has 0 amide bonds. The minimum atomic E-state index is -0.428. The van der Waals surface area contributed by atoms with E-state index in [1.54, 1.807) is 40.3 Å². The Bertz CT molecular complexity index is 746. The lowest BCUT2D eigenvalue weighted by Crippen LogP contribution is -2.31. The molecule has 1 saturated heterocycles. The van der Waals surface area contributed by atoms with Crippen molar-refractivity contribution < 1.29 is 17.7 Å². The van der Waals surface area contributed by atoms with E-state index in [2.05, 4.69) is 0 Å². The lowest BCUT2D eigenvalue weighted by Gasteiger charge is -2.21. The molecule has 1 fully saturated rings. The van der Waals surface area contributed by atoms with Crippen LogP contribution in [0, 0.1) is 0 Å². The monoisotopic (exact) mass is 458 g/mol. The summed E-state index contributed by atoms with van der Waals surface area (Å²) in [5.74, 6) is -0.273. The molecule has 3 rings (SSSR count). The lowest BCUT2D eigenvalue weighted by atomic mass is 10.2. The molecule has 2 aromatic rings. The molecule has 8 heteroatoms.